The molecule has 1 atom stereocenters. The van der Waals surface area contributed by atoms with Crippen LogP contribution in [0.4, 0.5) is 0 Å². The van der Waals surface area contributed by atoms with Crippen molar-refractivity contribution in [3.05, 3.63) is 0 Å². The molecule has 0 heterocycles. The highest BCUT2D eigenvalue weighted by Crippen LogP contribution is 1.89. The van der Waals surface area contributed by atoms with Crippen molar-refractivity contribution in [2.24, 2.45) is 5.73 Å². The van der Waals surface area contributed by atoms with E-state index < -0.39 is 0 Å². The average Bonchev–Trinajstić information content (AvgIpc) is 1.82. The summed E-state index contributed by atoms with van der Waals surface area (Å²) in [6.45, 7) is 4.48. The Kier molecular flexibility index (Phi) is 4.05. The molecule has 0 bridgehead atoms. The Morgan fingerprint density at radius 1 is 1.78 bits per heavy atom. The van der Waals surface area contributed by atoms with Gasteiger partial charge in [0.1, 0.15) is 11.9 Å². The van der Waals surface area contributed by atoms with E-state index in [2.05, 4.69) is 0 Å². The number of hydrogen-bond acceptors (Lipinski definition) is 2. The van der Waals surface area contributed by atoms with Crippen LogP contribution in [-0.2, 0) is 4.74 Å². The molecule has 0 aromatic carbocycles. The van der Waals surface area contributed by atoms with E-state index in [9.17, 15) is 0 Å². The first-order chi connectivity index (χ1) is 4.18. The van der Waals surface area contributed by atoms with Crippen molar-refractivity contribution in [1.82, 2.24) is 0 Å². The van der Waals surface area contributed by atoms with Crippen LogP contribution >= 0.6 is 0 Å². The number of hydrogen-bond donors (Lipinski definition) is 2. The zero-order valence-corrected chi connectivity index (χ0v) is 5.98. The van der Waals surface area contributed by atoms with Crippen molar-refractivity contribution in [2.75, 3.05) is 6.61 Å². The fourth-order valence-electron chi connectivity index (χ4n) is 0.384. The van der Waals surface area contributed by atoms with Gasteiger partial charge in [0.25, 0.3) is 0 Å². The molecule has 1 unspecified atom stereocenters. The predicted molar refractivity (Wildman–Crippen MR) is 37.6 cm³/mol. The first-order valence-electron chi connectivity index (χ1n) is 3.14. The summed E-state index contributed by atoms with van der Waals surface area (Å²) in [5, 5.41) is 6.93. The number of nitrogens with one attached hydrogen (secondary N) is 1. The number of nitrogens with two attached hydrogens (primary N) is 1. The maximum Gasteiger partial charge on any atom is 0.120 e. The fourth-order valence-corrected chi connectivity index (χ4v) is 0.384. The Bertz CT molecular complexity index is 93.1. The van der Waals surface area contributed by atoms with E-state index in [1.54, 1.807) is 6.92 Å². The van der Waals surface area contributed by atoms with Crippen LogP contribution < -0.4 is 5.73 Å². The molecule has 0 saturated carbocycles. The van der Waals surface area contributed by atoms with Gasteiger partial charge in [-0.15, -0.1) is 0 Å². The van der Waals surface area contributed by atoms with Crippen LogP contribution in [0, 0.1) is 5.41 Å². The van der Waals surface area contributed by atoms with Crippen LogP contribution in [0.15, 0.2) is 0 Å². The standard InChI is InChI=1S/C6H14N2O/c1-3-4-9-5(2)6(7)8/h5H,3-4H2,1-2H3,(H3,7,8). The third-order valence-electron chi connectivity index (χ3n) is 1.01. The normalized spacial score (nSPS) is 13.1. The van der Waals surface area contributed by atoms with Crippen LogP contribution in [0.3, 0.4) is 0 Å². The van der Waals surface area contributed by atoms with E-state index in [0.717, 1.165) is 6.42 Å². The monoisotopic (exact) mass is 130 g/mol. The van der Waals surface area contributed by atoms with E-state index in [4.69, 9.17) is 15.9 Å². The van der Waals surface area contributed by atoms with E-state index in [0.29, 0.717) is 6.61 Å². The lowest BCUT2D eigenvalue weighted by Gasteiger charge is -2.08. The van der Waals surface area contributed by atoms with E-state index in [-0.39, 0.29) is 11.9 Å². The smallest absolute Gasteiger partial charge is 0.120 e. The SMILES string of the molecule is CCCOC(C)C(=N)N. The van der Waals surface area contributed by atoms with Gasteiger partial charge >= 0.3 is 0 Å². The van der Waals surface area contributed by atoms with Gasteiger partial charge in [-0.2, -0.15) is 0 Å². The van der Waals surface area contributed by atoms with Crippen molar-refractivity contribution in [3.8, 4) is 0 Å². The topological polar surface area (TPSA) is 59.1 Å². The van der Waals surface area contributed by atoms with Gasteiger partial charge in [-0.05, 0) is 13.3 Å². The number of amidine groups is 1. The second kappa shape index (κ2) is 4.32. The maximum absolute atomic E-state index is 6.93. The highest BCUT2D eigenvalue weighted by Gasteiger charge is 2.02. The summed E-state index contributed by atoms with van der Waals surface area (Å²) in [7, 11) is 0. The molecule has 0 amide bonds. The second-order valence-corrected chi connectivity index (χ2v) is 1.97. The van der Waals surface area contributed by atoms with Crippen molar-refractivity contribution in [2.45, 2.75) is 26.4 Å². The molecule has 0 spiro atoms. The van der Waals surface area contributed by atoms with Gasteiger partial charge in [-0.3, -0.25) is 5.41 Å². The lowest BCUT2D eigenvalue weighted by Crippen LogP contribution is -2.27. The first kappa shape index (κ1) is 8.43. The first-order valence-corrected chi connectivity index (χ1v) is 3.14. The minimum absolute atomic E-state index is 0.100. The van der Waals surface area contributed by atoms with Gasteiger partial charge < -0.3 is 10.5 Å². The van der Waals surface area contributed by atoms with E-state index >= 15 is 0 Å². The Morgan fingerprint density at radius 3 is 2.67 bits per heavy atom. The molecule has 9 heavy (non-hydrogen) atoms. The minimum Gasteiger partial charge on any atom is -0.385 e. The maximum atomic E-state index is 6.93. The van der Waals surface area contributed by atoms with Crippen molar-refractivity contribution in [3.63, 3.8) is 0 Å². The lowest BCUT2D eigenvalue weighted by molar-refractivity contribution is 0.109. The molecule has 0 aromatic heterocycles. The average molecular weight is 130 g/mol. The van der Waals surface area contributed by atoms with E-state index in [1.165, 1.54) is 0 Å². The van der Waals surface area contributed by atoms with Gasteiger partial charge in [-0.1, -0.05) is 6.92 Å². The van der Waals surface area contributed by atoms with Gasteiger partial charge in [0, 0.05) is 6.61 Å². The molecule has 0 aliphatic carbocycles. The molecular weight excluding hydrogens is 116 g/mol. The van der Waals surface area contributed by atoms with Crippen LogP contribution in [-0.4, -0.2) is 18.5 Å². The van der Waals surface area contributed by atoms with Crippen LogP contribution in [0.2, 0.25) is 0 Å². The number of ether oxygens (including phenoxy) is 1. The molecule has 0 saturated heterocycles. The lowest BCUT2D eigenvalue weighted by atomic mass is 10.4. The molecule has 3 heteroatoms. The highest BCUT2D eigenvalue weighted by atomic mass is 16.5. The second-order valence-electron chi connectivity index (χ2n) is 1.97. The Labute approximate surface area is 55.7 Å². The Balaban J connectivity index is 3.27. The van der Waals surface area contributed by atoms with E-state index in [1.807, 2.05) is 6.92 Å². The molecule has 54 valence electrons. The predicted octanol–water partition coefficient (Wildman–Crippen LogP) is 0.737. The molecular formula is C6H14N2O. The summed E-state index contributed by atoms with van der Waals surface area (Å²) >= 11 is 0. The molecule has 3 N–H and O–H groups in total. The molecule has 0 rings (SSSR count). The summed E-state index contributed by atoms with van der Waals surface area (Å²) in [5.74, 6) is 0.100. The van der Waals surface area contributed by atoms with Gasteiger partial charge in [-0.25, -0.2) is 0 Å². The zero-order chi connectivity index (χ0) is 7.28. The van der Waals surface area contributed by atoms with Crippen molar-refractivity contribution < 1.29 is 4.74 Å². The summed E-state index contributed by atoms with van der Waals surface area (Å²) in [4.78, 5) is 0. The Morgan fingerprint density at radius 2 is 2.33 bits per heavy atom. The third-order valence-corrected chi connectivity index (χ3v) is 1.01. The van der Waals surface area contributed by atoms with Gasteiger partial charge in [0.15, 0.2) is 0 Å². The summed E-state index contributed by atoms with van der Waals surface area (Å²) < 4.78 is 5.10. The molecule has 0 aliphatic rings. The summed E-state index contributed by atoms with van der Waals surface area (Å²) in [5.41, 5.74) is 5.14. The molecule has 0 fully saturated rings. The largest absolute Gasteiger partial charge is 0.385 e. The Hall–Kier alpha value is -0.570. The molecule has 0 radical (unpaired) electrons. The quantitative estimate of drug-likeness (QED) is 0.435. The van der Waals surface area contributed by atoms with Gasteiger partial charge in [0.2, 0.25) is 0 Å². The fraction of sp³-hybridized carbons (Fsp3) is 0.833. The minimum atomic E-state index is -0.218. The molecule has 0 aliphatic heterocycles. The molecule has 0 aromatic rings. The highest BCUT2D eigenvalue weighted by molar-refractivity contribution is 5.81. The van der Waals surface area contributed by atoms with Crippen LogP contribution in [0.25, 0.3) is 0 Å². The molecule has 3 nitrogen and oxygen atoms in total. The van der Waals surface area contributed by atoms with Crippen LogP contribution in [0.1, 0.15) is 20.3 Å². The zero-order valence-electron chi connectivity index (χ0n) is 5.98. The van der Waals surface area contributed by atoms with Crippen molar-refractivity contribution in [1.29, 1.82) is 5.41 Å². The van der Waals surface area contributed by atoms with Crippen molar-refractivity contribution >= 4 is 5.84 Å². The third kappa shape index (κ3) is 3.97. The summed E-state index contributed by atoms with van der Waals surface area (Å²) in [6, 6.07) is 0. The van der Waals surface area contributed by atoms with Gasteiger partial charge in [0.05, 0.1) is 0 Å². The van der Waals surface area contributed by atoms with Crippen LogP contribution in [0.5, 0.6) is 0 Å². The summed E-state index contributed by atoms with van der Waals surface area (Å²) in [6.07, 6.45) is 0.752. The number of rotatable bonds is 4.